The quantitative estimate of drug-likeness (QED) is 0.560. The predicted octanol–water partition coefficient (Wildman–Crippen LogP) is 4.29. The lowest BCUT2D eigenvalue weighted by atomic mass is 10.2. The standard InChI is InChI=1S/C19H34N4O3/c1-5-9-12-22(13-10-6-2)19(25)20-17-16(18(24)26-8-4)15-23(21-17)14-11-7-3/h15H,5-14H2,1-4H3,(H,20,21,25). The molecule has 0 aliphatic rings. The Hall–Kier alpha value is -2.05. The Morgan fingerprint density at radius 3 is 2.23 bits per heavy atom. The lowest BCUT2D eigenvalue weighted by Gasteiger charge is -2.22. The van der Waals surface area contributed by atoms with E-state index in [2.05, 4.69) is 31.2 Å². The predicted molar refractivity (Wildman–Crippen MR) is 103 cm³/mol. The summed E-state index contributed by atoms with van der Waals surface area (Å²) in [5, 5.41) is 7.21. The van der Waals surface area contributed by atoms with Gasteiger partial charge in [0.05, 0.1) is 6.61 Å². The van der Waals surface area contributed by atoms with Crippen molar-refractivity contribution in [2.45, 2.75) is 72.8 Å². The molecule has 0 radical (unpaired) electrons. The Balaban J connectivity index is 2.93. The van der Waals surface area contributed by atoms with Crippen LogP contribution < -0.4 is 5.32 Å². The monoisotopic (exact) mass is 366 g/mol. The molecule has 26 heavy (non-hydrogen) atoms. The van der Waals surface area contributed by atoms with Gasteiger partial charge in [0.2, 0.25) is 0 Å². The molecule has 0 atom stereocenters. The van der Waals surface area contributed by atoms with Crippen molar-refractivity contribution in [3.05, 3.63) is 11.8 Å². The fourth-order valence-electron chi connectivity index (χ4n) is 2.50. The Morgan fingerprint density at radius 1 is 1.08 bits per heavy atom. The second kappa shape index (κ2) is 12.3. The molecule has 1 N–H and O–H groups in total. The molecule has 2 amide bonds. The zero-order chi connectivity index (χ0) is 19.4. The van der Waals surface area contributed by atoms with Gasteiger partial charge in [0.25, 0.3) is 0 Å². The summed E-state index contributed by atoms with van der Waals surface area (Å²) in [6, 6.07) is -0.210. The average molecular weight is 367 g/mol. The molecule has 0 bridgehead atoms. The second-order valence-electron chi connectivity index (χ2n) is 6.35. The summed E-state index contributed by atoms with van der Waals surface area (Å²) in [6.45, 7) is 10.4. The van der Waals surface area contributed by atoms with E-state index in [-0.39, 0.29) is 18.5 Å². The molecule has 0 aliphatic heterocycles. The molecule has 0 spiro atoms. The van der Waals surface area contributed by atoms with Gasteiger partial charge >= 0.3 is 12.0 Å². The fraction of sp³-hybridized carbons (Fsp3) is 0.737. The zero-order valence-corrected chi connectivity index (χ0v) is 16.7. The van der Waals surface area contributed by atoms with Crippen LogP contribution in [0.15, 0.2) is 6.20 Å². The van der Waals surface area contributed by atoms with Gasteiger partial charge in [0, 0.05) is 25.8 Å². The van der Waals surface area contributed by atoms with E-state index in [0.717, 1.165) is 38.5 Å². The minimum atomic E-state index is -0.459. The number of aromatic nitrogens is 2. The van der Waals surface area contributed by atoms with E-state index in [1.54, 1.807) is 22.7 Å². The number of nitrogens with one attached hydrogen (secondary N) is 1. The second-order valence-corrected chi connectivity index (χ2v) is 6.35. The van der Waals surface area contributed by atoms with Gasteiger partial charge in [-0.15, -0.1) is 0 Å². The molecular formula is C19H34N4O3. The number of carbonyl (C=O) groups is 2. The van der Waals surface area contributed by atoms with Gasteiger partial charge in [-0.1, -0.05) is 40.0 Å². The molecule has 0 saturated heterocycles. The van der Waals surface area contributed by atoms with Crippen LogP contribution in [0.4, 0.5) is 10.6 Å². The molecule has 0 fully saturated rings. The third kappa shape index (κ3) is 7.06. The number of urea groups is 1. The first-order chi connectivity index (χ1) is 12.6. The van der Waals surface area contributed by atoms with Crippen LogP contribution in [0, 0.1) is 0 Å². The summed E-state index contributed by atoms with van der Waals surface area (Å²) in [5.41, 5.74) is 0.308. The van der Waals surface area contributed by atoms with Crippen molar-refractivity contribution < 1.29 is 14.3 Å². The summed E-state index contributed by atoms with van der Waals surface area (Å²) in [7, 11) is 0. The van der Waals surface area contributed by atoms with Gasteiger partial charge < -0.3 is 9.64 Å². The number of anilines is 1. The summed E-state index contributed by atoms with van der Waals surface area (Å²) in [6.07, 6.45) is 7.59. The van der Waals surface area contributed by atoms with Crippen molar-refractivity contribution >= 4 is 17.8 Å². The number of unbranched alkanes of at least 4 members (excludes halogenated alkanes) is 3. The maximum atomic E-state index is 12.7. The number of ether oxygens (including phenoxy) is 1. The maximum absolute atomic E-state index is 12.7. The minimum Gasteiger partial charge on any atom is -0.462 e. The Morgan fingerprint density at radius 2 is 1.69 bits per heavy atom. The van der Waals surface area contributed by atoms with Crippen LogP contribution in [-0.4, -0.2) is 46.4 Å². The molecule has 1 aromatic rings. The third-order valence-corrected chi connectivity index (χ3v) is 4.07. The number of nitrogens with zero attached hydrogens (tertiary/aromatic N) is 3. The van der Waals surface area contributed by atoms with Crippen LogP contribution >= 0.6 is 0 Å². The smallest absolute Gasteiger partial charge is 0.343 e. The molecule has 0 aromatic carbocycles. The third-order valence-electron chi connectivity index (χ3n) is 4.07. The number of hydrogen-bond donors (Lipinski definition) is 1. The van der Waals surface area contributed by atoms with Crippen LogP contribution in [0.5, 0.6) is 0 Å². The summed E-state index contributed by atoms with van der Waals surface area (Å²) in [5.74, 6) is -0.179. The van der Waals surface area contributed by atoms with Crippen LogP contribution in [0.3, 0.4) is 0 Å². The molecule has 1 aromatic heterocycles. The number of amides is 2. The van der Waals surface area contributed by atoms with E-state index in [1.807, 2.05) is 0 Å². The van der Waals surface area contributed by atoms with Crippen LogP contribution in [-0.2, 0) is 11.3 Å². The molecule has 1 rings (SSSR count). The van der Waals surface area contributed by atoms with Crippen molar-refractivity contribution in [1.82, 2.24) is 14.7 Å². The highest BCUT2D eigenvalue weighted by Gasteiger charge is 2.21. The molecule has 7 nitrogen and oxygen atoms in total. The molecule has 148 valence electrons. The Labute approximate surface area is 157 Å². The van der Waals surface area contributed by atoms with E-state index < -0.39 is 5.97 Å². The van der Waals surface area contributed by atoms with Crippen LogP contribution in [0.1, 0.15) is 76.6 Å². The lowest BCUT2D eigenvalue weighted by Crippen LogP contribution is -2.37. The summed E-state index contributed by atoms with van der Waals surface area (Å²) >= 11 is 0. The van der Waals surface area contributed by atoms with Crippen molar-refractivity contribution in [2.24, 2.45) is 0 Å². The molecule has 1 heterocycles. The van der Waals surface area contributed by atoms with Gasteiger partial charge in [-0.3, -0.25) is 10.00 Å². The summed E-state index contributed by atoms with van der Waals surface area (Å²) < 4.78 is 6.80. The van der Waals surface area contributed by atoms with Crippen LogP contribution in [0.25, 0.3) is 0 Å². The van der Waals surface area contributed by atoms with E-state index in [1.165, 1.54) is 0 Å². The highest BCUT2D eigenvalue weighted by molar-refractivity contribution is 5.99. The van der Waals surface area contributed by atoms with Gasteiger partial charge in [0.15, 0.2) is 5.82 Å². The Bertz CT molecular complexity index is 549. The van der Waals surface area contributed by atoms with E-state index in [9.17, 15) is 9.59 Å². The van der Waals surface area contributed by atoms with Crippen molar-refractivity contribution in [3.8, 4) is 0 Å². The molecule has 0 aliphatic carbocycles. The highest BCUT2D eigenvalue weighted by Crippen LogP contribution is 2.16. The lowest BCUT2D eigenvalue weighted by molar-refractivity contribution is 0.0527. The van der Waals surface area contributed by atoms with E-state index in [4.69, 9.17) is 4.74 Å². The highest BCUT2D eigenvalue weighted by atomic mass is 16.5. The largest absolute Gasteiger partial charge is 0.462 e. The van der Waals surface area contributed by atoms with E-state index in [0.29, 0.717) is 25.2 Å². The van der Waals surface area contributed by atoms with Gasteiger partial charge in [0.1, 0.15) is 5.56 Å². The van der Waals surface area contributed by atoms with Crippen molar-refractivity contribution in [1.29, 1.82) is 0 Å². The fourth-order valence-corrected chi connectivity index (χ4v) is 2.50. The van der Waals surface area contributed by atoms with Crippen molar-refractivity contribution in [3.63, 3.8) is 0 Å². The van der Waals surface area contributed by atoms with Gasteiger partial charge in [-0.2, -0.15) is 5.10 Å². The first-order valence-corrected chi connectivity index (χ1v) is 9.87. The molecule has 7 heteroatoms. The normalized spacial score (nSPS) is 10.6. The molecule has 0 saturated carbocycles. The maximum Gasteiger partial charge on any atom is 0.343 e. The molecule has 0 unspecified atom stereocenters. The first kappa shape index (κ1) is 22.0. The number of rotatable bonds is 12. The number of esters is 1. The topological polar surface area (TPSA) is 76.5 Å². The Kier molecular flexibility index (Phi) is 10.4. The number of aryl methyl sites for hydroxylation is 1. The minimum absolute atomic E-state index is 0.210. The van der Waals surface area contributed by atoms with Gasteiger partial charge in [-0.05, 0) is 26.2 Å². The SMILES string of the molecule is CCCCN(CCCC)C(=O)Nc1nn(CCCC)cc1C(=O)OCC. The number of hydrogen-bond acceptors (Lipinski definition) is 4. The average Bonchev–Trinajstić information content (AvgIpc) is 3.03. The van der Waals surface area contributed by atoms with Gasteiger partial charge in [-0.25, -0.2) is 9.59 Å². The molecular weight excluding hydrogens is 332 g/mol. The first-order valence-electron chi connectivity index (χ1n) is 9.87. The van der Waals surface area contributed by atoms with Crippen molar-refractivity contribution in [2.75, 3.05) is 25.0 Å². The van der Waals surface area contributed by atoms with Crippen LogP contribution in [0.2, 0.25) is 0 Å². The number of carbonyl (C=O) groups excluding carboxylic acids is 2. The van der Waals surface area contributed by atoms with E-state index >= 15 is 0 Å². The summed E-state index contributed by atoms with van der Waals surface area (Å²) in [4.78, 5) is 26.7. The zero-order valence-electron chi connectivity index (χ0n) is 16.7.